The predicted octanol–water partition coefficient (Wildman–Crippen LogP) is 2.64. The Bertz CT molecular complexity index is 758. The number of nitrogens with one attached hydrogen (secondary N) is 1. The summed E-state index contributed by atoms with van der Waals surface area (Å²) >= 11 is 0. The van der Waals surface area contributed by atoms with Gasteiger partial charge in [0.1, 0.15) is 0 Å². The molecule has 0 aliphatic rings. The summed E-state index contributed by atoms with van der Waals surface area (Å²) in [4.78, 5) is 23.1. The number of aliphatic carboxylic acids is 1. The largest absolute Gasteiger partial charge is 0.491 e. The minimum absolute atomic E-state index is 0.153. The molecule has 0 saturated carbocycles. The van der Waals surface area contributed by atoms with Crippen molar-refractivity contribution in [1.82, 2.24) is 9.78 Å². The van der Waals surface area contributed by atoms with Gasteiger partial charge in [0.15, 0.2) is 17.1 Å². The normalized spacial score (nSPS) is 11.2. The molecule has 0 bridgehead atoms. The van der Waals surface area contributed by atoms with Crippen molar-refractivity contribution in [2.75, 3.05) is 11.9 Å². The van der Waals surface area contributed by atoms with Gasteiger partial charge >= 0.3 is 5.97 Å². The number of amides is 1. The van der Waals surface area contributed by atoms with Gasteiger partial charge in [0.25, 0.3) is 0 Å². The van der Waals surface area contributed by atoms with E-state index in [1.165, 1.54) is 43.1 Å². The summed E-state index contributed by atoms with van der Waals surface area (Å²) in [5.41, 5.74) is -0.800. The zero-order chi connectivity index (χ0) is 18.4. The summed E-state index contributed by atoms with van der Waals surface area (Å²) in [7, 11) is 0. The Balaban J connectivity index is 1.78. The van der Waals surface area contributed by atoms with Crippen LogP contribution in [0.4, 0.5) is 10.1 Å². The summed E-state index contributed by atoms with van der Waals surface area (Å²) in [5.74, 6) is -1.58. The summed E-state index contributed by atoms with van der Waals surface area (Å²) in [6.45, 7) is 3.22. The minimum atomic E-state index is -1.21. The minimum Gasteiger partial charge on any atom is -0.491 e. The van der Waals surface area contributed by atoms with Crippen LogP contribution in [0.15, 0.2) is 36.7 Å². The molecule has 0 fully saturated rings. The van der Waals surface area contributed by atoms with Gasteiger partial charge in [0.2, 0.25) is 5.91 Å². The highest BCUT2D eigenvalue weighted by Crippen LogP contribution is 2.18. The maximum atomic E-state index is 13.4. The number of hydrogen-bond acceptors (Lipinski definition) is 4. The molecule has 1 aromatic heterocycles. The molecule has 0 atom stereocenters. The summed E-state index contributed by atoms with van der Waals surface area (Å²) in [5, 5.41) is 15.8. The molecule has 2 N–H and O–H groups in total. The lowest BCUT2D eigenvalue weighted by molar-refractivity contribution is -0.146. The van der Waals surface area contributed by atoms with Gasteiger partial charge in [-0.15, -0.1) is 0 Å². The van der Waals surface area contributed by atoms with Gasteiger partial charge in [0, 0.05) is 12.6 Å². The molecule has 2 rings (SSSR count). The molecule has 2 aromatic rings. The predicted molar refractivity (Wildman–Crippen MR) is 88.9 cm³/mol. The number of rotatable bonds is 8. The van der Waals surface area contributed by atoms with Gasteiger partial charge in [-0.05, 0) is 32.4 Å². The molecule has 0 radical (unpaired) electrons. The van der Waals surface area contributed by atoms with Gasteiger partial charge < -0.3 is 15.2 Å². The Morgan fingerprint density at radius 2 is 2.08 bits per heavy atom. The number of hydrogen-bond donors (Lipinski definition) is 2. The average Bonchev–Trinajstić information content (AvgIpc) is 3.02. The van der Waals surface area contributed by atoms with Crippen molar-refractivity contribution >= 4 is 17.6 Å². The number of anilines is 1. The van der Waals surface area contributed by atoms with Crippen LogP contribution in [-0.4, -0.2) is 33.4 Å². The highest BCUT2D eigenvalue weighted by Gasteiger charge is 2.30. The van der Waals surface area contributed by atoms with Gasteiger partial charge in [-0.2, -0.15) is 5.10 Å². The van der Waals surface area contributed by atoms with Crippen LogP contribution in [0.2, 0.25) is 0 Å². The van der Waals surface area contributed by atoms with Gasteiger partial charge in [-0.3, -0.25) is 9.48 Å². The van der Waals surface area contributed by atoms with Crippen molar-refractivity contribution in [1.29, 1.82) is 0 Å². The second-order valence-electron chi connectivity index (χ2n) is 5.97. The highest BCUT2D eigenvalue weighted by atomic mass is 19.1. The van der Waals surface area contributed by atoms with E-state index in [9.17, 15) is 14.0 Å². The third kappa shape index (κ3) is 4.79. The van der Waals surface area contributed by atoms with Crippen LogP contribution in [-0.2, 0) is 15.1 Å². The lowest BCUT2D eigenvalue weighted by atomic mass is 10.1. The Kier molecular flexibility index (Phi) is 5.74. The molecular weight excluding hydrogens is 329 g/mol. The molecule has 1 amide bonds. The first-order chi connectivity index (χ1) is 11.8. The summed E-state index contributed by atoms with van der Waals surface area (Å²) in [6.07, 6.45) is 3.44. The van der Waals surface area contributed by atoms with Crippen LogP contribution in [0.5, 0.6) is 5.75 Å². The monoisotopic (exact) mass is 349 g/mol. The Hall–Kier alpha value is -2.90. The zero-order valence-corrected chi connectivity index (χ0v) is 14.0. The number of ether oxygens (including phenoxy) is 1. The molecule has 0 aliphatic heterocycles. The van der Waals surface area contributed by atoms with E-state index >= 15 is 0 Å². The number of benzene rings is 1. The Morgan fingerprint density at radius 1 is 1.36 bits per heavy atom. The lowest BCUT2D eigenvalue weighted by Gasteiger charge is -2.19. The van der Waals surface area contributed by atoms with Crippen molar-refractivity contribution in [2.24, 2.45) is 0 Å². The zero-order valence-electron chi connectivity index (χ0n) is 14.0. The number of carboxylic acid groups (broad SMARTS) is 1. The highest BCUT2D eigenvalue weighted by molar-refractivity contribution is 5.90. The number of para-hydroxylation sites is 1. The first kappa shape index (κ1) is 18.4. The molecule has 8 heteroatoms. The fourth-order valence-electron chi connectivity index (χ4n) is 1.99. The Labute approximate surface area is 144 Å². The van der Waals surface area contributed by atoms with Crippen molar-refractivity contribution in [3.05, 3.63) is 42.5 Å². The average molecular weight is 349 g/mol. The van der Waals surface area contributed by atoms with E-state index in [2.05, 4.69) is 10.4 Å². The molecule has 0 unspecified atom stereocenters. The van der Waals surface area contributed by atoms with Crippen LogP contribution in [0.3, 0.4) is 0 Å². The van der Waals surface area contributed by atoms with Crippen LogP contribution >= 0.6 is 0 Å². The third-order valence-electron chi connectivity index (χ3n) is 3.60. The van der Waals surface area contributed by atoms with Crippen molar-refractivity contribution in [3.63, 3.8) is 0 Å². The molecule has 1 heterocycles. The lowest BCUT2D eigenvalue weighted by Crippen LogP contribution is -2.35. The maximum absolute atomic E-state index is 13.4. The van der Waals surface area contributed by atoms with Crippen molar-refractivity contribution in [3.8, 4) is 5.75 Å². The fraction of sp³-hybridized carbons (Fsp3) is 0.353. The van der Waals surface area contributed by atoms with Crippen molar-refractivity contribution in [2.45, 2.75) is 32.2 Å². The number of carbonyl (C=O) groups excluding carboxylic acids is 1. The number of carbonyl (C=O) groups is 2. The van der Waals surface area contributed by atoms with Crippen LogP contribution in [0.1, 0.15) is 26.7 Å². The molecule has 0 spiro atoms. The summed E-state index contributed by atoms with van der Waals surface area (Å²) < 4.78 is 19.9. The number of carboxylic acids is 1. The van der Waals surface area contributed by atoms with Crippen LogP contribution < -0.4 is 10.1 Å². The van der Waals surface area contributed by atoms with Gasteiger partial charge in [0.05, 0.1) is 18.5 Å². The Morgan fingerprint density at radius 3 is 2.76 bits per heavy atom. The van der Waals surface area contributed by atoms with Gasteiger partial charge in [-0.1, -0.05) is 12.1 Å². The first-order valence-electron chi connectivity index (χ1n) is 7.76. The first-order valence-corrected chi connectivity index (χ1v) is 7.76. The molecule has 7 nitrogen and oxygen atoms in total. The van der Waals surface area contributed by atoms with E-state index in [0.717, 1.165) is 0 Å². The molecule has 0 aliphatic carbocycles. The summed E-state index contributed by atoms with van der Waals surface area (Å²) in [6, 6.07) is 6.06. The van der Waals surface area contributed by atoms with Gasteiger partial charge in [-0.25, -0.2) is 9.18 Å². The van der Waals surface area contributed by atoms with Crippen LogP contribution in [0, 0.1) is 5.82 Å². The fourth-order valence-corrected chi connectivity index (χ4v) is 1.99. The second kappa shape index (κ2) is 7.78. The maximum Gasteiger partial charge on any atom is 0.331 e. The third-order valence-corrected chi connectivity index (χ3v) is 3.60. The standard InChI is InChI=1S/C17H20FN3O4/c1-17(2,16(23)24)21-11-12(10-19-21)20-15(22)8-5-9-25-14-7-4-3-6-13(14)18/h3-4,6-7,10-11H,5,8-9H2,1-2H3,(H,20,22)(H,23,24). The SMILES string of the molecule is CC(C)(C(=O)O)n1cc(NC(=O)CCCOc2ccccc2F)cn1. The second-order valence-corrected chi connectivity index (χ2v) is 5.97. The van der Waals surface area contributed by atoms with E-state index in [0.29, 0.717) is 12.1 Å². The van der Waals surface area contributed by atoms with Crippen LogP contribution in [0.25, 0.3) is 0 Å². The number of halogens is 1. The molecule has 25 heavy (non-hydrogen) atoms. The van der Waals surface area contributed by atoms with E-state index < -0.39 is 17.3 Å². The molecule has 134 valence electrons. The molecular formula is C17H20FN3O4. The van der Waals surface area contributed by atoms with E-state index in [-0.39, 0.29) is 24.7 Å². The quantitative estimate of drug-likeness (QED) is 0.715. The topological polar surface area (TPSA) is 93.5 Å². The number of nitrogens with zero attached hydrogens (tertiary/aromatic N) is 2. The molecule has 1 aromatic carbocycles. The van der Waals surface area contributed by atoms with E-state index in [1.54, 1.807) is 12.1 Å². The van der Waals surface area contributed by atoms with Crippen molar-refractivity contribution < 1.29 is 23.8 Å². The number of aromatic nitrogens is 2. The smallest absolute Gasteiger partial charge is 0.331 e. The van der Waals surface area contributed by atoms with E-state index in [4.69, 9.17) is 9.84 Å². The van der Waals surface area contributed by atoms with E-state index in [1.807, 2.05) is 0 Å². The molecule has 0 saturated heterocycles.